The lowest BCUT2D eigenvalue weighted by atomic mass is 10.2. The van der Waals surface area contributed by atoms with Crippen molar-refractivity contribution in [1.82, 2.24) is 14.6 Å². The minimum absolute atomic E-state index is 0.150. The highest BCUT2D eigenvalue weighted by molar-refractivity contribution is 7.15. The first kappa shape index (κ1) is 15.7. The van der Waals surface area contributed by atoms with Crippen molar-refractivity contribution in [1.29, 1.82) is 0 Å². The van der Waals surface area contributed by atoms with Gasteiger partial charge < -0.3 is 0 Å². The molecule has 2 aromatic carbocycles. The van der Waals surface area contributed by atoms with Crippen LogP contribution < -0.4 is 10.1 Å². The van der Waals surface area contributed by atoms with Gasteiger partial charge in [-0.2, -0.15) is 9.50 Å². The number of nitrogens with zero attached hydrogens (tertiary/aromatic N) is 3. The van der Waals surface area contributed by atoms with Crippen LogP contribution in [0.25, 0.3) is 23.2 Å². The fourth-order valence-corrected chi connectivity index (χ4v) is 3.41. The summed E-state index contributed by atoms with van der Waals surface area (Å²) in [6.45, 7) is 0. The fourth-order valence-electron chi connectivity index (χ4n) is 2.36. The van der Waals surface area contributed by atoms with Crippen LogP contribution in [0.4, 0.5) is 0 Å². The highest BCUT2D eigenvalue weighted by Crippen LogP contribution is 2.12. The lowest BCUT2D eigenvalue weighted by molar-refractivity contribution is 0.925. The average molecular weight is 366 g/mol. The minimum atomic E-state index is -0.150. The van der Waals surface area contributed by atoms with E-state index in [1.165, 1.54) is 15.9 Å². The van der Waals surface area contributed by atoms with Crippen molar-refractivity contribution >= 4 is 46.1 Å². The van der Waals surface area contributed by atoms with Crippen LogP contribution in [-0.4, -0.2) is 14.6 Å². The molecule has 0 spiro atoms. The quantitative estimate of drug-likeness (QED) is 0.558. The van der Waals surface area contributed by atoms with E-state index in [9.17, 15) is 4.79 Å². The molecule has 2 aromatic heterocycles. The molecule has 0 radical (unpaired) electrons. The first-order valence-electron chi connectivity index (χ1n) is 7.59. The molecule has 0 saturated carbocycles. The van der Waals surface area contributed by atoms with Crippen LogP contribution in [-0.2, 0) is 0 Å². The summed E-state index contributed by atoms with van der Waals surface area (Å²) >= 11 is 7.20. The highest BCUT2D eigenvalue weighted by Gasteiger charge is 2.08. The summed E-state index contributed by atoms with van der Waals surface area (Å²) in [5, 5.41) is 4.97. The lowest BCUT2D eigenvalue weighted by Gasteiger charge is -1.92. The Morgan fingerprint density at radius 3 is 2.44 bits per heavy atom. The third-order valence-corrected chi connectivity index (χ3v) is 4.80. The molecule has 0 unspecified atom stereocenters. The fraction of sp³-hybridized carbons (Fsp3) is 0. The molecule has 6 heteroatoms. The summed E-state index contributed by atoms with van der Waals surface area (Å²) in [4.78, 5) is 17.5. The van der Waals surface area contributed by atoms with Gasteiger partial charge in [-0.25, -0.2) is 0 Å². The maximum atomic E-state index is 12.5. The average Bonchev–Trinajstić information content (AvgIpc) is 3.15. The Morgan fingerprint density at radius 1 is 0.960 bits per heavy atom. The van der Waals surface area contributed by atoms with E-state index in [4.69, 9.17) is 11.6 Å². The predicted molar refractivity (Wildman–Crippen MR) is 103 cm³/mol. The molecule has 0 aliphatic heterocycles. The Kier molecular flexibility index (Phi) is 4.17. The summed E-state index contributed by atoms with van der Waals surface area (Å²) in [6, 6.07) is 17.2. The molecule has 0 aliphatic rings. The summed E-state index contributed by atoms with van der Waals surface area (Å²) < 4.78 is 1.97. The van der Waals surface area contributed by atoms with Crippen LogP contribution in [0, 0.1) is 0 Å². The van der Waals surface area contributed by atoms with E-state index in [2.05, 4.69) is 10.1 Å². The Hall–Kier alpha value is -2.76. The van der Waals surface area contributed by atoms with Crippen LogP contribution in [0.5, 0.6) is 0 Å². The largest absolute Gasteiger partial charge is 0.291 e. The van der Waals surface area contributed by atoms with Crippen LogP contribution in [0.15, 0.2) is 59.4 Å². The molecule has 0 amide bonds. The zero-order valence-electron chi connectivity index (χ0n) is 13.0. The maximum absolute atomic E-state index is 12.5. The number of thiazole rings is 1. The number of benzene rings is 2. The van der Waals surface area contributed by atoms with Crippen molar-refractivity contribution in [2.75, 3.05) is 0 Å². The third-order valence-electron chi connectivity index (χ3n) is 3.59. The van der Waals surface area contributed by atoms with Gasteiger partial charge in [0.25, 0.3) is 5.56 Å². The molecule has 4 rings (SSSR count). The van der Waals surface area contributed by atoms with Gasteiger partial charge in [-0.1, -0.05) is 71.5 Å². The van der Waals surface area contributed by atoms with Crippen LogP contribution in [0.3, 0.4) is 0 Å². The molecule has 0 N–H and O–H groups in total. The van der Waals surface area contributed by atoms with E-state index < -0.39 is 0 Å². The second kappa shape index (κ2) is 6.63. The smallest absolute Gasteiger partial charge is 0.266 e. The predicted octanol–water partition coefficient (Wildman–Crippen LogP) is 3.52. The van der Waals surface area contributed by atoms with Crippen LogP contribution >= 0.6 is 22.9 Å². The standard InChI is InChI=1S/C19H12ClN3OS/c20-15-9-6-13(7-10-15)8-11-17-21-19-23(22-17)18(24)16(25-19)12-14-4-2-1-3-5-14/h1-12H/b11-8+,16-12+. The molecule has 0 atom stereocenters. The van der Waals surface area contributed by atoms with E-state index in [-0.39, 0.29) is 5.56 Å². The molecule has 2 heterocycles. The number of aromatic nitrogens is 3. The minimum Gasteiger partial charge on any atom is -0.266 e. The zero-order valence-corrected chi connectivity index (χ0v) is 14.5. The molecule has 0 bridgehead atoms. The van der Waals surface area contributed by atoms with E-state index in [0.717, 1.165) is 11.1 Å². The van der Waals surface area contributed by atoms with Crippen LogP contribution in [0.2, 0.25) is 5.02 Å². The number of hydrogen-bond acceptors (Lipinski definition) is 4. The topological polar surface area (TPSA) is 47.3 Å². The second-order valence-corrected chi connectivity index (χ2v) is 6.82. The molecule has 0 saturated heterocycles. The van der Waals surface area contributed by atoms with Crippen molar-refractivity contribution < 1.29 is 0 Å². The molecular weight excluding hydrogens is 354 g/mol. The summed E-state index contributed by atoms with van der Waals surface area (Å²) in [6.07, 6.45) is 5.52. The van der Waals surface area contributed by atoms with Crippen molar-refractivity contribution in [3.05, 3.63) is 91.5 Å². The molecule has 25 heavy (non-hydrogen) atoms. The molecule has 4 aromatic rings. The SMILES string of the molecule is O=c1/c(=C\c2ccccc2)sc2nc(/C=C/c3ccc(Cl)cc3)nn12. The van der Waals surface area contributed by atoms with E-state index in [1.807, 2.05) is 66.7 Å². The third kappa shape index (κ3) is 3.38. The first-order chi connectivity index (χ1) is 12.2. The summed E-state index contributed by atoms with van der Waals surface area (Å²) in [5.41, 5.74) is 1.82. The monoisotopic (exact) mass is 365 g/mol. The lowest BCUT2D eigenvalue weighted by Crippen LogP contribution is -2.23. The van der Waals surface area contributed by atoms with Gasteiger partial charge in [-0.15, -0.1) is 5.10 Å². The van der Waals surface area contributed by atoms with Crippen LogP contribution in [0.1, 0.15) is 17.0 Å². The van der Waals surface area contributed by atoms with Gasteiger partial charge in [0.1, 0.15) is 0 Å². The summed E-state index contributed by atoms with van der Waals surface area (Å²) in [5.74, 6) is 0.504. The number of hydrogen-bond donors (Lipinski definition) is 0. The van der Waals surface area contributed by atoms with Crippen molar-refractivity contribution in [2.24, 2.45) is 0 Å². The Labute approximate surface area is 152 Å². The molecular formula is C19H12ClN3OS. The highest BCUT2D eigenvalue weighted by atomic mass is 35.5. The molecule has 0 fully saturated rings. The molecule has 0 aliphatic carbocycles. The Balaban J connectivity index is 1.67. The normalized spacial score (nSPS) is 12.4. The molecule has 4 nitrogen and oxygen atoms in total. The van der Waals surface area contributed by atoms with E-state index >= 15 is 0 Å². The van der Waals surface area contributed by atoms with Gasteiger partial charge in [0, 0.05) is 5.02 Å². The van der Waals surface area contributed by atoms with Gasteiger partial charge >= 0.3 is 0 Å². The van der Waals surface area contributed by atoms with E-state index in [0.29, 0.717) is 20.3 Å². The Morgan fingerprint density at radius 2 is 1.72 bits per heavy atom. The van der Waals surface area contributed by atoms with Crippen molar-refractivity contribution in [3.8, 4) is 0 Å². The van der Waals surface area contributed by atoms with Crippen molar-refractivity contribution in [2.45, 2.75) is 0 Å². The summed E-state index contributed by atoms with van der Waals surface area (Å²) in [7, 11) is 0. The zero-order chi connectivity index (χ0) is 17.2. The van der Waals surface area contributed by atoms with E-state index in [1.54, 1.807) is 6.08 Å². The van der Waals surface area contributed by atoms with Gasteiger partial charge in [0.2, 0.25) is 4.96 Å². The van der Waals surface area contributed by atoms with Gasteiger partial charge in [0.15, 0.2) is 5.82 Å². The first-order valence-corrected chi connectivity index (χ1v) is 8.78. The number of halogens is 1. The molecule has 122 valence electrons. The van der Waals surface area contributed by atoms with Gasteiger partial charge in [-0.3, -0.25) is 4.79 Å². The number of rotatable bonds is 3. The van der Waals surface area contributed by atoms with Crippen molar-refractivity contribution in [3.63, 3.8) is 0 Å². The van der Waals surface area contributed by atoms with Gasteiger partial charge in [-0.05, 0) is 35.4 Å². The second-order valence-electron chi connectivity index (χ2n) is 5.38. The Bertz CT molecular complexity index is 1160. The number of fused-ring (bicyclic) bond motifs is 1. The van der Waals surface area contributed by atoms with Gasteiger partial charge in [0.05, 0.1) is 4.53 Å². The maximum Gasteiger partial charge on any atom is 0.291 e.